The number of carbonyl (C=O) groups excluding carboxylic acids is 1. The fourth-order valence-corrected chi connectivity index (χ4v) is 2.89. The topological polar surface area (TPSA) is 96.4 Å². The highest BCUT2D eigenvalue weighted by Gasteiger charge is 2.20. The Morgan fingerprint density at radius 2 is 2.24 bits per heavy atom. The molecule has 0 saturated carbocycles. The number of hydrogen-bond acceptors (Lipinski definition) is 6. The summed E-state index contributed by atoms with van der Waals surface area (Å²) in [7, 11) is 0. The van der Waals surface area contributed by atoms with Crippen LogP contribution >= 0.6 is 0 Å². The van der Waals surface area contributed by atoms with Crippen molar-refractivity contribution in [2.75, 3.05) is 19.6 Å². The third kappa shape index (κ3) is 4.67. The number of nitrogens with one attached hydrogen (secondary N) is 1. The summed E-state index contributed by atoms with van der Waals surface area (Å²) >= 11 is 0. The van der Waals surface area contributed by atoms with E-state index >= 15 is 0 Å². The van der Waals surface area contributed by atoms with E-state index in [2.05, 4.69) is 20.5 Å². The quantitative estimate of drug-likeness (QED) is 0.813. The first-order chi connectivity index (χ1) is 12.0. The zero-order chi connectivity index (χ0) is 17.8. The molecule has 1 aliphatic rings. The molecule has 0 unspecified atom stereocenters. The van der Waals surface area contributed by atoms with Crippen molar-refractivity contribution in [3.63, 3.8) is 0 Å². The van der Waals surface area contributed by atoms with Gasteiger partial charge in [0.05, 0.1) is 24.9 Å². The SMILES string of the molecule is Cc1cnn([C@H](C)CNC(=O)c2cc(CN3CCC(O)CC3)on2)c1. The number of hydrogen-bond donors (Lipinski definition) is 2. The molecule has 8 heteroatoms. The zero-order valence-electron chi connectivity index (χ0n) is 14.7. The van der Waals surface area contributed by atoms with Crippen LogP contribution in [0.1, 0.15) is 47.6 Å². The average Bonchev–Trinajstić information content (AvgIpc) is 3.24. The van der Waals surface area contributed by atoms with Crippen molar-refractivity contribution in [2.24, 2.45) is 0 Å². The third-order valence-corrected chi connectivity index (χ3v) is 4.47. The summed E-state index contributed by atoms with van der Waals surface area (Å²) in [6.45, 7) is 6.69. The predicted molar refractivity (Wildman–Crippen MR) is 91.0 cm³/mol. The van der Waals surface area contributed by atoms with E-state index in [1.807, 2.05) is 24.7 Å². The molecular formula is C17H25N5O3. The number of likely N-dealkylation sites (tertiary alicyclic amines) is 1. The van der Waals surface area contributed by atoms with Crippen molar-refractivity contribution in [1.82, 2.24) is 25.2 Å². The van der Waals surface area contributed by atoms with Crippen molar-refractivity contribution in [1.29, 1.82) is 0 Å². The first-order valence-electron chi connectivity index (χ1n) is 8.66. The van der Waals surface area contributed by atoms with Crippen LogP contribution in [0.3, 0.4) is 0 Å². The summed E-state index contributed by atoms with van der Waals surface area (Å²) in [5.74, 6) is 0.414. The van der Waals surface area contributed by atoms with E-state index in [-0.39, 0.29) is 23.7 Å². The minimum Gasteiger partial charge on any atom is -0.393 e. The molecule has 8 nitrogen and oxygen atoms in total. The van der Waals surface area contributed by atoms with Crippen molar-refractivity contribution < 1.29 is 14.4 Å². The fraction of sp³-hybridized carbons (Fsp3) is 0.588. The fourth-order valence-electron chi connectivity index (χ4n) is 2.89. The van der Waals surface area contributed by atoms with Crippen LogP contribution in [0.25, 0.3) is 0 Å². The van der Waals surface area contributed by atoms with Crippen molar-refractivity contribution in [3.8, 4) is 0 Å². The number of carbonyl (C=O) groups is 1. The van der Waals surface area contributed by atoms with E-state index in [0.29, 0.717) is 18.8 Å². The third-order valence-electron chi connectivity index (χ3n) is 4.47. The van der Waals surface area contributed by atoms with Crippen LogP contribution in [0.15, 0.2) is 23.0 Å². The Labute approximate surface area is 146 Å². The molecule has 2 aromatic rings. The molecule has 2 N–H and O–H groups in total. The van der Waals surface area contributed by atoms with E-state index in [4.69, 9.17) is 4.52 Å². The Bertz CT molecular complexity index is 703. The second-order valence-corrected chi connectivity index (χ2v) is 6.74. The van der Waals surface area contributed by atoms with E-state index < -0.39 is 0 Å². The summed E-state index contributed by atoms with van der Waals surface area (Å²) < 4.78 is 7.11. The molecule has 0 aliphatic carbocycles. The van der Waals surface area contributed by atoms with Crippen molar-refractivity contribution in [2.45, 2.75) is 45.4 Å². The maximum absolute atomic E-state index is 12.2. The van der Waals surface area contributed by atoms with Gasteiger partial charge in [0.15, 0.2) is 11.5 Å². The molecule has 1 atom stereocenters. The van der Waals surface area contributed by atoms with Crippen LogP contribution in [0.5, 0.6) is 0 Å². The van der Waals surface area contributed by atoms with E-state index in [1.165, 1.54) is 0 Å². The molecule has 0 spiro atoms. The molecule has 0 radical (unpaired) electrons. The Morgan fingerprint density at radius 1 is 1.48 bits per heavy atom. The molecule has 0 aromatic carbocycles. The van der Waals surface area contributed by atoms with Crippen LogP contribution in [0, 0.1) is 6.92 Å². The predicted octanol–water partition coefficient (Wildman–Crippen LogP) is 1.13. The highest BCUT2D eigenvalue weighted by molar-refractivity contribution is 5.92. The maximum atomic E-state index is 12.2. The normalized spacial score (nSPS) is 17.6. The van der Waals surface area contributed by atoms with Crippen LogP contribution in [0.4, 0.5) is 0 Å². The number of aromatic nitrogens is 3. The monoisotopic (exact) mass is 347 g/mol. The molecule has 1 amide bonds. The summed E-state index contributed by atoms with van der Waals surface area (Å²) in [6, 6.07) is 1.74. The van der Waals surface area contributed by atoms with Gasteiger partial charge in [-0.25, -0.2) is 0 Å². The zero-order valence-corrected chi connectivity index (χ0v) is 14.7. The lowest BCUT2D eigenvalue weighted by atomic mass is 10.1. The van der Waals surface area contributed by atoms with Gasteiger partial charge in [-0.1, -0.05) is 5.16 Å². The second-order valence-electron chi connectivity index (χ2n) is 6.74. The van der Waals surface area contributed by atoms with Gasteiger partial charge in [-0.15, -0.1) is 0 Å². The molecule has 136 valence electrons. The number of rotatable bonds is 6. The lowest BCUT2D eigenvalue weighted by Crippen LogP contribution is -2.35. The molecule has 25 heavy (non-hydrogen) atoms. The van der Waals surface area contributed by atoms with Crippen LogP contribution < -0.4 is 5.32 Å². The highest BCUT2D eigenvalue weighted by atomic mass is 16.5. The van der Waals surface area contributed by atoms with Crippen molar-refractivity contribution >= 4 is 5.91 Å². The number of aliphatic hydroxyl groups excluding tert-OH is 1. The molecule has 0 bridgehead atoms. The lowest BCUT2D eigenvalue weighted by Gasteiger charge is -2.28. The number of aliphatic hydroxyl groups is 1. The standard InChI is InChI=1S/C17H25N5O3/c1-12-8-19-22(10-12)13(2)9-18-17(24)16-7-15(25-20-16)11-21-5-3-14(23)4-6-21/h7-8,10,13-14,23H,3-6,9,11H2,1-2H3,(H,18,24)/t13-/m1/s1. The van der Waals surface area contributed by atoms with Gasteiger partial charge in [0.25, 0.3) is 5.91 Å². The molecule has 1 aliphatic heterocycles. The summed E-state index contributed by atoms with van der Waals surface area (Å²) in [5, 5.41) is 20.5. The summed E-state index contributed by atoms with van der Waals surface area (Å²) in [5.41, 5.74) is 1.38. The number of amides is 1. The molecule has 2 aromatic heterocycles. The largest absolute Gasteiger partial charge is 0.393 e. The van der Waals surface area contributed by atoms with Gasteiger partial charge in [-0.3, -0.25) is 14.4 Å². The van der Waals surface area contributed by atoms with Crippen molar-refractivity contribution in [3.05, 3.63) is 35.5 Å². The second kappa shape index (κ2) is 7.79. The summed E-state index contributed by atoms with van der Waals surface area (Å²) in [4.78, 5) is 14.4. The summed E-state index contributed by atoms with van der Waals surface area (Å²) in [6.07, 6.45) is 5.08. The van der Waals surface area contributed by atoms with Gasteiger partial charge in [0.2, 0.25) is 0 Å². The Hall–Kier alpha value is -2.19. The van der Waals surface area contributed by atoms with Gasteiger partial charge in [-0.05, 0) is 32.3 Å². The smallest absolute Gasteiger partial charge is 0.273 e. The van der Waals surface area contributed by atoms with Crippen LogP contribution in [-0.2, 0) is 6.54 Å². The van der Waals surface area contributed by atoms with Crippen LogP contribution in [-0.4, -0.2) is 56.6 Å². The number of piperidine rings is 1. The van der Waals surface area contributed by atoms with Crippen LogP contribution in [0.2, 0.25) is 0 Å². The van der Waals surface area contributed by atoms with Gasteiger partial charge >= 0.3 is 0 Å². The number of aryl methyl sites for hydroxylation is 1. The molecular weight excluding hydrogens is 322 g/mol. The molecule has 1 saturated heterocycles. The van der Waals surface area contributed by atoms with E-state index in [9.17, 15) is 9.90 Å². The Kier molecular flexibility index (Phi) is 5.50. The van der Waals surface area contributed by atoms with Gasteiger partial charge in [0.1, 0.15) is 0 Å². The first-order valence-corrected chi connectivity index (χ1v) is 8.66. The molecule has 3 heterocycles. The first kappa shape index (κ1) is 17.6. The lowest BCUT2D eigenvalue weighted by molar-refractivity contribution is 0.0748. The van der Waals surface area contributed by atoms with Gasteiger partial charge < -0.3 is 14.9 Å². The number of nitrogens with zero attached hydrogens (tertiary/aromatic N) is 4. The minimum atomic E-state index is -0.250. The van der Waals surface area contributed by atoms with E-state index in [0.717, 1.165) is 31.5 Å². The molecule has 3 rings (SSSR count). The Balaban J connectivity index is 1.48. The van der Waals surface area contributed by atoms with Gasteiger partial charge in [-0.2, -0.15) is 5.10 Å². The highest BCUT2D eigenvalue weighted by Crippen LogP contribution is 2.14. The maximum Gasteiger partial charge on any atom is 0.273 e. The Morgan fingerprint density at radius 3 is 2.92 bits per heavy atom. The average molecular weight is 347 g/mol. The van der Waals surface area contributed by atoms with E-state index in [1.54, 1.807) is 12.3 Å². The van der Waals surface area contributed by atoms with Gasteiger partial charge in [0, 0.05) is 31.9 Å². The minimum absolute atomic E-state index is 0.0591. The molecule has 1 fully saturated rings.